The van der Waals surface area contributed by atoms with E-state index < -0.39 is 20.0 Å². The van der Waals surface area contributed by atoms with Crippen LogP contribution in [0.15, 0.2) is 0 Å². The first-order valence-electron chi connectivity index (χ1n) is 4.24. The highest BCUT2D eigenvalue weighted by atomic mass is 32.2. The molecule has 0 aliphatic carbocycles. The van der Waals surface area contributed by atoms with Crippen molar-refractivity contribution in [1.82, 2.24) is 9.03 Å². The average molecular weight is 242 g/mol. The van der Waals surface area contributed by atoms with E-state index in [2.05, 4.69) is 4.72 Å². The molecular weight excluding hydrogens is 228 g/mol. The van der Waals surface area contributed by atoms with Crippen LogP contribution in [0.5, 0.6) is 0 Å². The van der Waals surface area contributed by atoms with Crippen molar-refractivity contribution in [3.63, 3.8) is 0 Å². The molecule has 1 aliphatic rings. The van der Waals surface area contributed by atoms with Crippen molar-refractivity contribution in [2.75, 3.05) is 31.6 Å². The Morgan fingerprint density at radius 3 is 2.50 bits per heavy atom. The maximum Gasteiger partial charge on any atom is 0.214 e. The van der Waals surface area contributed by atoms with E-state index in [-0.39, 0.29) is 18.8 Å². The summed E-state index contributed by atoms with van der Waals surface area (Å²) in [5.41, 5.74) is 0. The smallest absolute Gasteiger partial charge is 0.214 e. The molecule has 0 amide bonds. The molecule has 0 unspecified atom stereocenters. The van der Waals surface area contributed by atoms with Gasteiger partial charge < -0.3 is 0 Å². The van der Waals surface area contributed by atoms with E-state index in [1.165, 1.54) is 4.31 Å². The third kappa shape index (κ3) is 3.52. The summed E-state index contributed by atoms with van der Waals surface area (Å²) in [4.78, 5) is 0. The standard InChI is InChI=1S/C6H14N2O4S2/c1-13(9,10)7-3-5-8-4-2-6-14(8,11)12/h7H,2-6H2,1H3. The molecule has 1 rings (SSSR count). The molecule has 0 aromatic heterocycles. The van der Waals surface area contributed by atoms with Crippen LogP contribution in [0.2, 0.25) is 0 Å². The minimum Gasteiger partial charge on any atom is -0.214 e. The van der Waals surface area contributed by atoms with Gasteiger partial charge in [-0.1, -0.05) is 0 Å². The predicted octanol–water partition coefficient (Wildman–Crippen LogP) is -1.43. The van der Waals surface area contributed by atoms with Gasteiger partial charge in [0.1, 0.15) is 0 Å². The fourth-order valence-corrected chi connectivity index (χ4v) is 3.29. The Hall–Kier alpha value is -0.180. The average Bonchev–Trinajstić information content (AvgIpc) is 2.28. The number of nitrogens with one attached hydrogen (secondary N) is 1. The fraction of sp³-hybridized carbons (Fsp3) is 1.00. The lowest BCUT2D eigenvalue weighted by Gasteiger charge is -2.13. The molecule has 14 heavy (non-hydrogen) atoms. The lowest BCUT2D eigenvalue weighted by atomic mass is 10.5. The topological polar surface area (TPSA) is 83.6 Å². The van der Waals surface area contributed by atoms with Gasteiger partial charge in [-0.2, -0.15) is 0 Å². The van der Waals surface area contributed by atoms with E-state index in [1.54, 1.807) is 0 Å². The van der Waals surface area contributed by atoms with Gasteiger partial charge >= 0.3 is 0 Å². The Balaban J connectivity index is 2.40. The Morgan fingerprint density at radius 2 is 2.07 bits per heavy atom. The number of rotatable bonds is 4. The van der Waals surface area contributed by atoms with E-state index in [9.17, 15) is 16.8 Å². The van der Waals surface area contributed by atoms with Crippen LogP contribution >= 0.6 is 0 Å². The summed E-state index contributed by atoms with van der Waals surface area (Å²) in [6, 6.07) is 0. The van der Waals surface area contributed by atoms with E-state index in [4.69, 9.17) is 0 Å². The second-order valence-electron chi connectivity index (χ2n) is 3.24. The zero-order valence-electron chi connectivity index (χ0n) is 7.93. The molecule has 6 nitrogen and oxygen atoms in total. The molecule has 0 radical (unpaired) electrons. The molecule has 84 valence electrons. The number of nitrogens with zero attached hydrogens (tertiary/aromatic N) is 1. The van der Waals surface area contributed by atoms with Crippen molar-refractivity contribution in [3.05, 3.63) is 0 Å². The van der Waals surface area contributed by atoms with Gasteiger partial charge in [-0.25, -0.2) is 25.9 Å². The van der Waals surface area contributed by atoms with Crippen LogP contribution in [-0.4, -0.2) is 52.8 Å². The lowest BCUT2D eigenvalue weighted by molar-refractivity contribution is 0.445. The van der Waals surface area contributed by atoms with E-state index >= 15 is 0 Å². The Morgan fingerprint density at radius 1 is 1.43 bits per heavy atom. The van der Waals surface area contributed by atoms with Crippen molar-refractivity contribution in [2.24, 2.45) is 0 Å². The SMILES string of the molecule is CS(=O)(=O)NCCN1CCCS1(=O)=O. The molecule has 0 aromatic rings. The maximum atomic E-state index is 11.3. The second-order valence-corrected chi connectivity index (χ2v) is 7.16. The van der Waals surface area contributed by atoms with Gasteiger partial charge in [-0.3, -0.25) is 0 Å². The van der Waals surface area contributed by atoms with Gasteiger partial charge in [0.15, 0.2) is 0 Å². The number of sulfonamides is 2. The van der Waals surface area contributed by atoms with Gasteiger partial charge in [0.05, 0.1) is 12.0 Å². The summed E-state index contributed by atoms with van der Waals surface area (Å²) < 4.78 is 47.5. The van der Waals surface area contributed by atoms with Crippen LogP contribution in [-0.2, 0) is 20.0 Å². The Labute approximate surface area is 84.4 Å². The summed E-state index contributed by atoms with van der Waals surface area (Å²) >= 11 is 0. The zero-order valence-corrected chi connectivity index (χ0v) is 9.57. The molecule has 0 saturated carbocycles. The summed E-state index contributed by atoms with van der Waals surface area (Å²) in [7, 11) is -6.33. The van der Waals surface area contributed by atoms with E-state index in [0.717, 1.165) is 6.26 Å². The highest BCUT2D eigenvalue weighted by molar-refractivity contribution is 7.89. The van der Waals surface area contributed by atoms with Crippen molar-refractivity contribution >= 4 is 20.0 Å². The normalized spacial score (nSPS) is 22.6. The van der Waals surface area contributed by atoms with Gasteiger partial charge in [0.2, 0.25) is 20.0 Å². The van der Waals surface area contributed by atoms with E-state index in [0.29, 0.717) is 13.0 Å². The molecule has 0 spiro atoms. The molecule has 1 fully saturated rings. The Kier molecular flexibility index (Phi) is 3.51. The zero-order chi connectivity index (χ0) is 10.8. The first-order valence-corrected chi connectivity index (χ1v) is 7.74. The molecule has 8 heteroatoms. The highest BCUT2D eigenvalue weighted by Gasteiger charge is 2.27. The molecular formula is C6H14N2O4S2. The number of hydrogen-bond acceptors (Lipinski definition) is 4. The van der Waals surface area contributed by atoms with E-state index in [1.807, 2.05) is 0 Å². The minimum absolute atomic E-state index is 0.137. The van der Waals surface area contributed by atoms with Crippen LogP contribution in [0.4, 0.5) is 0 Å². The van der Waals surface area contributed by atoms with Crippen LogP contribution in [0.25, 0.3) is 0 Å². The predicted molar refractivity (Wildman–Crippen MR) is 52.8 cm³/mol. The third-order valence-electron chi connectivity index (χ3n) is 1.93. The first kappa shape index (κ1) is 11.9. The summed E-state index contributed by atoms with van der Waals surface area (Å²) in [6.07, 6.45) is 1.67. The largest absolute Gasteiger partial charge is 0.214 e. The fourth-order valence-electron chi connectivity index (χ4n) is 1.30. The van der Waals surface area contributed by atoms with Gasteiger partial charge in [0.25, 0.3) is 0 Å². The summed E-state index contributed by atoms with van der Waals surface area (Å²) in [6.45, 7) is 0.848. The van der Waals surface area contributed by atoms with Gasteiger partial charge in [-0.05, 0) is 6.42 Å². The summed E-state index contributed by atoms with van der Waals surface area (Å²) in [5, 5.41) is 0. The molecule has 1 aliphatic heterocycles. The molecule has 0 aromatic carbocycles. The summed E-state index contributed by atoms with van der Waals surface area (Å²) in [5.74, 6) is 0.172. The first-order chi connectivity index (χ1) is 6.31. The van der Waals surface area contributed by atoms with Crippen LogP contribution in [0.3, 0.4) is 0 Å². The Bertz CT molecular complexity index is 386. The lowest BCUT2D eigenvalue weighted by Crippen LogP contribution is -2.35. The van der Waals surface area contributed by atoms with Gasteiger partial charge in [0, 0.05) is 19.6 Å². The highest BCUT2D eigenvalue weighted by Crippen LogP contribution is 2.11. The van der Waals surface area contributed by atoms with Gasteiger partial charge in [-0.15, -0.1) is 0 Å². The van der Waals surface area contributed by atoms with Crippen molar-refractivity contribution in [3.8, 4) is 0 Å². The molecule has 0 bridgehead atoms. The minimum atomic E-state index is -3.22. The molecule has 1 heterocycles. The van der Waals surface area contributed by atoms with Crippen LogP contribution in [0.1, 0.15) is 6.42 Å². The monoisotopic (exact) mass is 242 g/mol. The molecule has 1 saturated heterocycles. The molecule has 1 N–H and O–H groups in total. The maximum absolute atomic E-state index is 11.3. The molecule has 0 atom stereocenters. The third-order valence-corrected chi connectivity index (χ3v) is 4.61. The van der Waals surface area contributed by atoms with Crippen molar-refractivity contribution < 1.29 is 16.8 Å². The van der Waals surface area contributed by atoms with Crippen LogP contribution in [0, 0.1) is 0 Å². The van der Waals surface area contributed by atoms with Crippen molar-refractivity contribution in [2.45, 2.75) is 6.42 Å². The van der Waals surface area contributed by atoms with Crippen molar-refractivity contribution in [1.29, 1.82) is 0 Å². The van der Waals surface area contributed by atoms with Crippen LogP contribution < -0.4 is 4.72 Å². The quantitative estimate of drug-likeness (QED) is 0.655. The second kappa shape index (κ2) is 4.13. The number of hydrogen-bond donors (Lipinski definition) is 1.